The summed E-state index contributed by atoms with van der Waals surface area (Å²) in [6.45, 7) is 0.793. The van der Waals surface area contributed by atoms with Gasteiger partial charge in [-0.05, 0) is 54.8 Å². The van der Waals surface area contributed by atoms with Crippen molar-refractivity contribution in [2.75, 3.05) is 17.8 Å². The van der Waals surface area contributed by atoms with E-state index in [4.69, 9.17) is 0 Å². The molecule has 1 aromatic heterocycles. The second kappa shape index (κ2) is 8.33. The number of benzene rings is 2. The molecule has 34 heavy (non-hydrogen) atoms. The number of pyridine rings is 1. The van der Waals surface area contributed by atoms with Gasteiger partial charge in [-0.1, -0.05) is 24.3 Å². The Morgan fingerprint density at radius 2 is 1.59 bits per heavy atom. The van der Waals surface area contributed by atoms with Gasteiger partial charge in [-0.2, -0.15) is 4.31 Å². The number of sulfonamides is 2. The molecule has 0 unspecified atom stereocenters. The van der Waals surface area contributed by atoms with Crippen LogP contribution in [-0.4, -0.2) is 38.8 Å². The van der Waals surface area contributed by atoms with Crippen molar-refractivity contribution in [1.82, 2.24) is 8.87 Å². The monoisotopic (exact) mass is 503 g/mol. The normalized spacial score (nSPS) is 20.5. The second-order valence-electron chi connectivity index (χ2n) is 8.58. The van der Waals surface area contributed by atoms with Gasteiger partial charge < -0.3 is 4.57 Å². The first-order chi connectivity index (χ1) is 16.1. The van der Waals surface area contributed by atoms with E-state index in [2.05, 4.69) is 4.72 Å². The summed E-state index contributed by atoms with van der Waals surface area (Å²) in [5.41, 5.74) is 0.0243. The molecule has 178 valence electrons. The summed E-state index contributed by atoms with van der Waals surface area (Å²) < 4.78 is 70.3. The van der Waals surface area contributed by atoms with Crippen LogP contribution in [0.4, 0.5) is 10.1 Å². The Bertz CT molecular complexity index is 1520. The lowest BCUT2D eigenvalue weighted by atomic mass is 9.84. The zero-order valence-corrected chi connectivity index (χ0v) is 19.6. The Balaban J connectivity index is 1.44. The number of nitrogens with zero attached hydrogens (tertiary/aromatic N) is 2. The van der Waals surface area contributed by atoms with E-state index >= 15 is 0 Å². The maximum Gasteiger partial charge on any atom is 0.275 e. The van der Waals surface area contributed by atoms with Crippen molar-refractivity contribution in [3.8, 4) is 0 Å². The van der Waals surface area contributed by atoms with Crippen LogP contribution in [0.15, 0.2) is 81.3 Å². The molecule has 1 fully saturated rings. The first kappa shape index (κ1) is 22.8. The third kappa shape index (κ3) is 4.04. The number of fused-ring (bicyclic) bond motifs is 4. The fraction of sp³-hybridized carbons (Fsp3) is 0.261. The largest absolute Gasteiger partial charge is 0.310 e. The van der Waals surface area contributed by atoms with Gasteiger partial charge in [0.2, 0.25) is 10.0 Å². The Morgan fingerprint density at radius 3 is 2.32 bits per heavy atom. The first-order valence-corrected chi connectivity index (χ1v) is 13.6. The quantitative estimate of drug-likeness (QED) is 0.576. The number of nitrogens with one attached hydrogen (secondary N) is 1. The molecule has 0 radical (unpaired) electrons. The van der Waals surface area contributed by atoms with Crippen LogP contribution in [-0.2, 0) is 26.6 Å². The average Bonchev–Trinajstić information content (AvgIpc) is 2.81. The van der Waals surface area contributed by atoms with Gasteiger partial charge in [0.05, 0.1) is 9.79 Å². The number of piperidine rings is 1. The van der Waals surface area contributed by atoms with Crippen LogP contribution in [0.5, 0.6) is 0 Å². The Labute approximate surface area is 196 Å². The smallest absolute Gasteiger partial charge is 0.275 e. The van der Waals surface area contributed by atoms with E-state index in [9.17, 15) is 26.0 Å². The summed E-state index contributed by atoms with van der Waals surface area (Å²) in [4.78, 5) is 13.1. The van der Waals surface area contributed by atoms with E-state index in [0.29, 0.717) is 5.69 Å². The number of anilines is 1. The zero-order valence-electron chi connectivity index (χ0n) is 18.0. The van der Waals surface area contributed by atoms with E-state index < -0.39 is 31.4 Å². The van der Waals surface area contributed by atoms with Crippen molar-refractivity contribution in [3.05, 3.63) is 88.6 Å². The third-order valence-corrected chi connectivity index (χ3v) is 9.51. The van der Waals surface area contributed by atoms with E-state index in [1.54, 1.807) is 36.4 Å². The summed E-state index contributed by atoms with van der Waals surface area (Å²) >= 11 is 0. The number of hydrogen-bond donors (Lipinski definition) is 1. The summed E-state index contributed by atoms with van der Waals surface area (Å²) in [6.07, 6.45) is 0.745. The Morgan fingerprint density at radius 1 is 0.853 bits per heavy atom. The van der Waals surface area contributed by atoms with Crippen LogP contribution < -0.4 is 10.3 Å². The van der Waals surface area contributed by atoms with Crippen molar-refractivity contribution in [2.45, 2.75) is 28.7 Å². The molecule has 2 aliphatic rings. The molecule has 8 nitrogen and oxygen atoms in total. The highest BCUT2D eigenvalue weighted by Gasteiger charge is 2.39. The minimum Gasteiger partial charge on any atom is -0.310 e. The summed E-state index contributed by atoms with van der Waals surface area (Å²) in [5, 5.41) is 0. The molecule has 0 spiro atoms. The maximum absolute atomic E-state index is 13.5. The van der Waals surface area contributed by atoms with Crippen LogP contribution in [0.25, 0.3) is 0 Å². The van der Waals surface area contributed by atoms with Gasteiger partial charge in [-0.15, -0.1) is 0 Å². The van der Waals surface area contributed by atoms with Crippen molar-refractivity contribution in [3.63, 3.8) is 0 Å². The van der Waals surface area contributed by atoms with Crippen molar-refractivity contribution < 1.29 is 21.2 Å². The third-order valence-electron chi connectivity index (χ3n) is 6.30. The number of rotatable bonds is 5. The van der Waals surface area contributed by atoms with Crippen molar-refractivity contribution in [1.29, 1.82) is 0 Å². The van der Waals surface area contributed by atoms with Crippen molar-refractivity contribution >= 4 is 25.7 Å². The molecule has 3 heterocycles. The van der Waals surface area contributed by atoms with Gasteiger partial charge >= 0.3 is 0 Å². The van der Waals surface area contributed by atoms with Crippen LogP contribution >= 0.6 is 0 Å². The van der Waals surface area contributed by atoms with Gasteiger partial charge in [0.1, 0.15) is 11.5 Å². The molecule has 0 saturated carbocycles. The molecular formula is C23H22FN3O5S2. The predicted molar refractivity (Wildman–Crippen MR) is 124 cm³/mol. The predicted octanol–water partition coefficient (Wildman–Crippen LogP) is 2.60. The van der Waals surface area contributed by atoms with Gasteiger partial charge in [0, 0.05) is 31.2 Å². The molecular weight excluding hydrogens is 481 g/mol. The van der Waals surface area contributed by atoms with E-state index in [1.807, 2.05) is 0 Å². The molecule has 1 saturated heterocycles. The van der Waals surface area contributed by atoms with Gasteiger partial charge in [-0.3, -0.25) is 9.52 Å². The van der Waals surface area contributed by atoms with Gasteiger partial charge in [0.15, 0.2) is 0 Å². The SMILES string of the molecule is O=c1c(NS(=O)(=O)c2cccc(F)c2)ccc2n1C[C@H]1C[C@@H]2CN(S(=O)(=O)c2ccccc2)C1. The number of halogens is 1. The fourth-order valence-corrected chi connectivity index (χ4v) is 7.43. The lowest BCUT2D eigenvalue weighted by molar-refractivity contribution is 0.186. The van der Waals surface area contributed by atoms with Crippen LogP contribution in [0.3, 0.4) is 0 Å². The topological polar surface area (TPSA) is 106 Å². The van der Waals surface area contributed by atoms with Crippen LogP contribution in [0, 0.1) is 11.7 Å². The second-order valence-corrected chi connectivity index (χ2v) is 12.2. The maximum atomic E-state index is 13.5. The summed E-state index contributed by atoms with van der Waals surface area (Å²) in [5.74, 6) is -0.974. The molecule has 2 aliphatic heterocycles. The standard InChI is InChI=1S/C23H22FN3O5S2/c24-18-5-4-8-20(12-18)33(29,30)25-21-9-10-22-17-11-16(14-27(22)23(21)28)13-26(15-17)34(31,32)19-6-2-1-3-7-19/h1-10,12,16-17,25H,11,13-15H2/t16-,17+/m0/s1. The number of aromatic nitrogens is 1. The van der Waals surface area contributed by atoms with E-state index in [-0.39, 0.29) is 46.9 Å². The van der Waals surface area contributed by atoms with Crippen molar-refractivity contribution in [2.24, 2.45) is 5.92 Å². The zero-order chi connectivity index (χ0) is 24.1. The first-order valence-electron chi connectivity index (χ1n) is 10.7. The minimum absolute atomic E-state index is 0.0856. The van der Waals surface area contributed by atoms with Gasteiger partial charge in [-0.25, -0.2) is 21.2 Å². The molecule has 11 heteroatoms. The molecule has 1 N–H and O–H groups in total. The highest BCUT2D eigenvalue weighted by atomic mass is 32.2. The molecule has 5 rings (SSSR count). The summed E-state index contributed by atoms with van der Waals surface area (Å²) in [7, 11) is -7.81. The summed E-state index contributed by atoms with van der Waals surface area (Å²) in [6, 6.07) is 15.8. The highest BCUT2D eigenvalue weighted by molar-refractivity contribution is 7.92. The minimum atomic E-state index is -4.15. The Hall–Kier alpha value is -3.02. The Kier molecular flexibility index (Phi) is 5.58. The molecule has 0 amide bonds. The van der Waals surface area contributed by atoms with Gasteiger partial charge in [0.25, 0.3) is 15.6 Å². The number of hydrogen-bond acceptors (Lipinski definition) is 5. The van der Waals surface area contributed by atoms with Crippen LogP contribution in [0.1, 0.15) is 18.0 Å². The fourth-order valence-electron chi connectivity index (χ4n) is 4.76. The molecule has 2 bridgehead atoms. The molecule has 2 aromatic carbocycles. The lowest BCUT2D eigenvalue weighted by Crippen LogP contribution is -2.49. The van der Waals surface area contributed by atoms with E-state index in [0.717, 1.165) is 18.6 Å². The average molecular weight is 504 g/mol. The highest BCUT2D eigenvalue weighted by Crippen LogP contribution is 2.37. The van der Waals surface area contributed by atoms with E-state index in [1.165, 1.54) is 27.1 Å². The molecule has 0 aliphatic carbocycles. The lowest BCUT2D eigenvalue weighted by Gasteiger charge is -2.42. The molecule has 2 atom stereocenters. The molecule has 3 aromatic rings. The van der Waals surface area contributed by atoms with Crippen LogP contribution in [0.2, 0.25) is 0 Å².